The average molecular weight is 325 g/mol. The van der Waals surface area contributed by atoms with Crippen LogP contribution in [0.4, 0.5) is 0 Å². The number of fused-ring (bicyclic) bond motifs is 1. The molecule has 2 atom stereocenters. The highest BCUT2D eigenvalue weighted by molar-refractivity contribution is 9.10. The van der Waals surface area contributed by atoms with Crippen molar-refractivity contribution >= 4 is 15.9 Å². The number of nitrogens with zero attached hydrogens (tertiary/aromatic N) is 3. The van der Waals surface area contributed by atoms with E-state index < -0.39 is 0 Å². The predicted molar refractivity (Wildman–Crippen MR) is 74.7 cm³/mol. The summed E-state index contributed by atoms with van der Waals surface area (Å²) in [6.07, 6.45) is 2.21. The molecule has 0 radical (unpaired) electrons. The van der Waals surface area contributed by atoms with Crippen LogP contribution >= 0.6 is 15.9 Å². The molecule has 0 amide bonds. The summed E-state index contributed by atoms with van der Waals surface area (Å²) in [5.74, 6) is 2.82. The van der Waals surface area contributed by atoms with Gasteiger partial charge >= 0.3 is 0 Å². The second kappa shape index (κ2) is 5.09. The molecule has 0 saturated heterocycles. The summed E-state index contributed by atoms with van der Waals surface area (Å²) in [7, 11) is 0. The van der Waals surface area contributed by atoms with E-state index >= 15 is 0 Å². The van der Waals surface area contributed by atoms with Crippen molar-refractivity contribution in [1.82, 2.24) is 20.1 Å². The zero-order chi connectivity index (χ0) is 13.4. The van der Waals surface area contributed by atoms with Crippen LogP contribution in [-0.4, -0.2) is 14.8 Å². The highest BCUT2D eigenvalue weighted by Crippen LogP contribution is 2.27. The molecule has 2 aromatic heterocycles. The first-order chi connectivity index (χ1) is 9.13. The van der Waals surface area contributed by atoms with Gasteiger partial charge in [0.25, 0.3) is 0 Å². The fraction of sp³-hybridized carbons (Fsp3) is 0.538. The lowest BCUT2D eigenvalue weighted by Gasteiger charge is -2.25. The maximum atomic E-state index is 5.59. The monoisotopic (exact) mass is 324 g/mol. The summed E-state index contributed by atoms with van der Waals surface area (Å²) < 4.78 is 8.37. The molecule has 102 valence electrons. The zero-order valence-corrected chi connectivity index (χ0v) is 12.6. The number of hydrogen-bond acceptors (Lipinski definition) is 4. The quantitative estimate of drug-likeness (QED) is 0.942. The van der Waals surface area contributed by atoms with Gasteiger partial charge in [-0.15, -0.1) is 0 Å². The van der Waals surface area contributed by atoms with E-state index in [0.29, 0.717) is 0 Å². The van der Waals surface area contributed by atoms with Gasteiger partial charge in [0.2, 0.25) is 0 Å². The molecule has 0 saturated carbocycles. The molecular formula is C13H17BrN4O. The standard InChI is InChI=1S/C13H17BrN4O/c1-8(11-5-6-12(14)19-11)15-10-4-3-7-18-13(10)16-9(2)17-18/h5-6,8,10,15H,3-4,7H2,1-2H3. The van der Waals surface area contributed by atoms with E-state index in [4.69, 9.17) is 4.42 Å². The molecule has 0 aliphatic carbocycles. The number of rotatable bonds is 3. The molecule has 0 spiro atoms. The molecule has 1 aliphatic heterocycles. The third-order valence-electron chi connectivity index (χ3n) is 3.45. The highest BCUT2D eigenvalue weighted by atomic mass is 79.9. The smallest absolute Gasteiger partial charge is 0.169 e. The third-order valence-corrected chi connectivity index (χ3v) is 3.88. The first-order valence-electron chi connectivity index (χ1n) is 6.56. The Bertz CT molecular complexity index is 577. The van der Waals surface area contributed by atoms with Crippen LogP contribution in [0.5, 0.6) is 0 Å². The summed E-state index contributed by atoms with van der Waals surface area (Å²) in [4.78, 5) is 4.53. The van der Waals surface area contributed by atoms with Crippen LogP contribution in [-0.2, 0) is 6.54 Å². The topological polar surface area (TPSA) is 55.9 Å². The van der Waals surface area contributed by atoms with Crippen molar-refractivity contribution in [2.75, 3.05) is 0 Å². The lowest BCUT2D eigenvalue weighted by molar-refractivity contribution is 0.320. The minimum absolute atomic E-state index is 0.153. The van der Waals surface area contributed by atoms with E-state index in [1.807, 2.05) is 23.7 Å². The summed E-state index contributed by atoms with van der Waals surface area (Å²) >= 11 is 3.33. The van der Waals surface area contributed by atoms with Crippen LogP contribution < -0.4 is 5.32 Å². The molecule has 1 aliphatic rings. The SMILES string of the molecule is Cc1nc2n(n1)CCCC2NC(C)c1ccc(Br)o1. The second-order valence-corrected chi connectivity index (χ2v) is 5.75. The lowest BCUT2D eigenvalue weighted by atomic mass is 10.1. The Labute approximate surface area is 120 Å². The highest BCUT2D eigenvalue weighted by Gasteiger charge is 2.25. The molecule has 1 N–H and O–H groups in total. The normalized spacial score (nSPS) is 20.3. The van der Waals surface area contributed by atoms with Crippen molar-refractivity contribution in [3.63, 3.8) is 0 Å². The molecular weight excluding hydrogens is 308 g/mol. The average Bonchev–Trinajstić information content (AvgIpc) is 2.95. The predicted octanol–water partition coefficient (Wildman–Crippen LogP) is 3.13. The lowest BCUT2D eigenvalue weighted by Crippen LogP contribution is -2.30. The van der Waals surface area contributed by atoms with E-state index in [-0.39, 0.29) is 12.1 Å². The first-order valence-corrected chi connectivity index (χ1v) is 7.35. The maximum Gasteiger partial charge on any atom is 0.169 e. The Balaban J connectivity index is 1.77. The number of hydrogen-bond donors (Lipinski definition) is 1. The van der Waals surface area contributed by atoms with Crippen molar-refractivity contribution in [1.29, 1.82) is 0 Å². The molecule has 2 aromatic rings. The van der Waals surface area contributed by atoms with Gasteiger partial charge in [-0.05, 0) is 54.8 Å². The van der Waals surface area contributed by atoms with Crippen LogP contribution in [0.3, 0.4) is 0 Å². The Morgan fingerprint density at radius 2 is 2.37 bits per heavy atom. The van der Waals surface area contributed by atoms with Crippen LogP contribution in [0.1, 0.15) is 49.3 Å². The van der Waals surface area contributed by atoms with Gasteiger partial charge < -0.3 is 4.42 Å². The van der Waals surface area contributed by atoms with Gasteiger partial charge in [0.05, 0.1) is 12.1 Å². The molecule has 3 rings (SSSR count). The Kier molecular flexibility index (Phi) is 3.45. The molecule has 3 heterocycles. The summed E-state index contributed by atoms with van der Waals surface area (Å²) in [6, 6.07) is 4.30. The third kappa shape index (κ3) is 2.60. The summed E-state index contributed by atoms with van der Waals surface area (Å²) in [5.41, 5.74) is 0. The first kappa shape index (κ1) is 12.9. The minimum Gasteiger partial charge on any atom is -0.453 e. The minimum atomic E-state index is 0.153. The van der Waals surface area contributed by atoms with E-state index in [1.165, 1.54) is 0 Å². The number of aryl methyl sites for hydroxylation is 2. The molecule has 0 fully saturated rings. The van der Waals surface area contributed by atoms with Gasteiger partial charge in [0.1, 0.15) is 17.4 Å². The van der Waals surface area contributed by atoms with E-state index in [1.54, 1.807) is 0 Å². The van der Waals surface area contributed by atoms with Gasteiger partial charge in [0, 0.05) is 6.54 Å². The largest absolute Gasteiger partial charge is 0.453 e. The summed E-state index contributed by atoms with van der Waals surface area (Å²) in [6.45, 7) is 5.01. The van der Waals surface area contributed by atoms with Gasteiger partial charge in [-0.1, -0.05) is 0 Å². The van der Waals surface area contributed by atoms with Crippen molar-refractivity contribution in [2.24, 2.45) is 0 Å². The fourth-order valence-electron chi connectivity index (χ4n) is 2.57. The van der Waals surface area contributed by atoms with Gasteiger partial charge in [0.15, 0.2) is 4.67 Å². The second-order valence-electron chi connectivity index (χ2n) is 4.97. The number of halogens is 1. The zero-order valence-electron chi connectivity index (χ0n) is 11.1. The molecule has 2 unspecified atom stereocenters. The van der Waals surface area contributed by atoms with Crippen molar-refractivity contribution in [3.05, 3.63) is 34.2 Å². The summed E-state index contributed by atoms with van der Waals surface area (Å²) in [5, 5.41) is 8.00. The molecule has 19 heavy (non-hydrogen) atoms. The van der Waals surface area contributed by atoms with Gasteiger partial charge in [-0.3, -0.25) is 5.32 Å². The number of aromatic nitrogens is 3. The van der Waals surface area contributed by atoms with Crippen LogP contribution in [0.2, 0.25) is 0 Å². The fourth-order valence-corrected chi connectivity index (χ4v) is 2.89. The number of nitrogens with one attached hydrogen (secondary N) is 1. The van der Waals surface area contributed by atoms with Crippen molar-refractivity contribution < 1.29 is 4.42 Å². The molecule has 0 bridgehead atoms. The van der Waals surface area contributed by atoms with Crippen LogP contribution in [0, 0.1) is 6.92 Å². The Morgan fingerprint density at radius 1 is 1.53 bits per heavy atom. The molecule has 6 heteroatoms. The van der Waals surface area contributed by atoms with Crippen LogP contribution in [0.25, 0.3) is 0 Å². The van der Waals surface area contributed by atoms with Crippen molar-refractivity contribution in [3.8, 4) is 0 Å². The van der Waals surface area contributed by atoms with E-state index in [9.17, 15) is 0 Å². The van der Waals surface area contributed by atoms with E-state index in [0.717, 1.165) is 41.5 Å². The molecule has 5 nitrogen and oxygen atoms in total. The Hall–Kier alpha value is -1.14. The van der Waals surface area contributed by atoms with Crippen LogP contribution in [0.15, 0.2) is 21.2 Å². The number of furan rings is 1. The van der Waals surface area contributed by atoms with Gasteiger partial charge in [-0.25, -0.2) is 9.67 Å². The Morgan fingerprint density at radius 3 is 3.11 bits per heavy atom. The van der Waals surface area contributed by atoms with Gasteiger partial charge in [-0.2, -0.15) is 5.10 Å². The van der Waals surface area contributed by atoms with E-state index in [2.05, 4.69) is 38.3 Å². The van der Waals surface area contributed by atoms with Crippen molar-refractivity contribution in [2.45, 2.75) is 45.3 Å². The maximum absolute atomic E-state index is 5.59. The molecule has 0 aromatic carbocycles.